The van der Waals surface area contributed by atoms with Crippen LogP contribution in [0.25, 0.3) is 0 Å². The third kappa shape index (κ3) is 3.98. The van der Waals surface area contributed by atoms with Gasteiger partial charge in [-0.15, -0.1) is 0 Å². The summed E-state index contributed by atoms with van der Waals surface area (Å²) in [6.45, 7) is 3.06. The van der Waals surface area contributed by atoms with Gasteiger partial charge in [-0.25, -0.2) is 15.0 Å². The lowest BCUT2D eigenvalue weighted by atomic mass is 10.1. The molecule has 6 nitrogen and oxygen atoms in total. The summed E-state index contributed by atoms with van der Waals surface area (Å²) in [5, 5.41) is 4.73. The highest BCUT2D eigenvalue weighted by molar-refractivity contribution is 7.99. The minimum Gasteiger partial charge on any atom is -0.341 e. The van der Waals surface area contributed by atoms with Gasteiger partial charge in [-0.1, -0.05) is 11.8 Å². The van der Waals surface area contributed by atoms with E-state index in [1.54, 1.807) is 11.8 Å². The molecule has 3 heterocycles. The first kappa shape index (κ1) is 15.3. The normalized spacial score (nSPS) is 16.1. The summed E-state index contributed by atoms with van der Waals surface area (Å²) in [6, 6.07) is 2.46. The molecule has 0 aliphatic carbocycles. The molecule has 3 rings (SSSR count). The second-order valence-electron chi connectivity index (χ2n) is 5.43. The Morgan fingerprint density at radius 1 is 1.18 bits per heavy atom. The van der Waals surface area contributed by atoms with Gasteiger partial charge < -0.3 is 14.8 Å². The van der Waals surface area contributed by atoms with Crippen LogP contribution in [0.4, 0.5) is 5.95 Å². The molecule has 7 heteroatoms. The highest BCUT2D eigenvalue weighted by Crippen LogP contribution is 2.16. The zero-order chi connectivity index (χ0) is 15.2. The molecule has 2 aromatic heterocycles. The Morgan fingerprint density at radius 3 is 2.64 bits per heavy atom. The van der Waals surface area contributed by atoms with Crippen molar-refractivity contribution in [1.29, 1.82) is 0 Å². The first-order valence-electron chi connectivity index (χ1n) is 7.68. The number of thioether (sulfide) groups is 1. The Labute approximate surface area is 135 Å². The number of hydrogen-bond donors (Lipinski definition) is 1. The maximum Gasteiger partial charge on any atom is 0.225 e. The predicted octanol–water partition coefficient (Wildman–Crippen LogP) is 1.56. The van der Waals surface area contributed by atoms with E-state index in [1.165, 1.54) is 0 Å². The second-order valence-corrected chi connectivity index (χ2v) is 6.50. The zero-order valence-electron chi connectivity index (χ0n) is 12.9. The summed E-state index contributed by atoms with van der Waals surface area (Å²) in [5.74, 6) is 1.90. The molecule has 0 aromatic carbocycles. The molecule has 1 aliphatic rings. The third-order valence-corrected chi connectivity index (χ3v) is 4.93. The van der Waals surface area contributed by atoms with Crippen LogP contribution in [0.2, 0.25) is 0 Å². The fourth-order valence-electron chi connectivity index (χ4n) is 2.63. The van der Waals surface area contributed by atoms with E-state index >= 15 is 0 Å². The Balaban J connectivity index is 1.35. The predicted molar refractivity (Wildman–Crippen MR) is 89.2 cm³/mol. The average Bonchev–Trinajstić information content (AvgIpc) is 2.98. The number of rotatable bonds is 6. The molecule has 1 saturated heterocycles. The van der Waals surface area contributed by atoms with Crippen molar-refractivity contribution < 1.29 is 0 Å². The lowest BCUT2D eigenvalue weighted by molar-refractivity contribution is 0.422. The Morgan fingerprint density at radius 2 is 1.95 bits per heavy atom. The number of piperidine rings is 1. The van der Waals surface area contributed by atoms with Crippen LogP contribution < -0.4 is 10.2 Å². The quantitative estimate of drug-likeness (QED) is 0.644. The van der Waals surface area contributed by atoms with Gasteiger partial charge in [0.1, 0.15) is 0 Å². The van der Waals surface area contributed by atoms with Crippen molar-refractivity contribution in [3.8, 4) is 0 Å². The molecule has 0 spiro atoms. The van der Waals surface area contributed by atoms with Crippen molar-refractivity contribution in [3.05, 3.63) is 30.9 Å². The maximum absolute atomic E-state index is 4.32. The molecule has 0 saturated carbocycles. The Kier molecular flexibility index (Phi) is 5.29. The number of nitrogens with zero attached hydrogens (tertiary/aromatic N) is 5. The second kappa shape index (κ2) is 7.60. The van der Waals surface area contributed by atoms with Gasteiger partial charge in [-0.2, -0.15) is 0 Å². The fourth-order valence-corrected chi connectivity index (χ4v) is 3.44. The smallest absolute Gasteiger partial charge is 0.225 e. The zero-order valence-corrected chi connectivity index (χ0v) is 13.7. The van der Waals surface area contributed by atoms with Gasteiger partial charge in [0.05, 0.1) is 0 Å². The van der Waals surface area contributed by atoms with Crippen molar-refractivity contribution in [2.75, 3.05) is 30.3 Å². The summed E-state index contributed by atoms with van der Waals surface area (Å²) in [4.78, 5) is 15.2. The number of hydrogen-bond acceptors (Lipinski definition) is 6. The standard InChI is InChI=1S/C15H22N6S/c1-20-11-7-19-15(20)22-12-8-16-13-3-9-21(10-4-13)14-17-5-2-6-18-14/h2,5-7,11,13,16H,3-4,8-10,12H2,1H3. The van der Waals surface area contributed by atoms with E-state index in [0.29, 0.717) is 6.04 Å². The van der Waals surface area contributed by atoms with Crippen molar-refractivity contribution >= 4 is 17.7 Å². The summed E-state index contributed by atoms with van der Waals surface area (Å²) in [5.41, 5.74) is 0. The molecule has 0 amide bonds. The molecular weight excluding hydrogens is 296 g/mol. The summed E-state index contributed by atoms with van der Waals surface area (Å²) >= 11 is 1.80. The average molecular weight is 318 g/mol. The first-order chi connectivity index (χ1) is 10.8. The molecule has 1 fully saturated rings. The van der Waals surface area contributed by atoms with E-state index in [9.17, 15) is 0 Å². The van der Waals surface area contributed by atoms with E-state index < -0.39 is 0 Å². The third-order valence-electron chi connectivity index (χ3n) is 3.87. The maximum atomic E-state index is 4.32. The van der Waals surface area contributed by atoms with Crippen molar-refractivity contribution in [2.45, 2.75) is 24.0 Å². The van der Waals surface area contributed by atoms with Gasteiger partial charge in [-0.3, -0.25) is 0 Å². The summed E-state index contributed by atoms with van der Waals surface area (Å²) < 4.78 is 2.06. The Bertz CT molecular complexity index is 564. The number of aromatic nitrogens is 4. The van der Waals surface area contributed by atoms with Gasteiger partial charge in [-0.05, 0) is 18.9 Å². The molecule has 0 atom stereocenters. The van der Waals surface area contributed by atoms with Gasteiger partial charge in [0.15, 0.2) is 5.16 Å². The van der Waals surface area contributed by atoms with Gasteiger partial charge in [0, 0.05) is 63.3 Å². The van der Waals surface area contributed by atoms with Crippen molar-refractivity contribution in [1.82, 2.24) is 24.8 Å². The summed E-state index contributed by atoms with van der Waals surface area (Å²) in [7, 11) is 2.03. The van der Waals surface area contributed by atoms with E-state index in [4.69, 9.17) is 0 Å². The largest absolute Gasteiger partial charge is 0.341 e. The lowest BCUT2D eigenvalue weighted by Gasteiger charge is -2.32. The molecule has 0 bridgehead atoms. The van der Waals surface area contributed by atoms with E-state index in [1.807, 2.05) is 37.9 Å². The highest BCUT2D eigenvalue weighted by Gasteiger charge is 2.20. The molecule has 0 radical (unpaired) electrons. The topological polar surface area (TPSA) is 58.9 Å². The first-order valence-corrected chi connectivity index (χ1v) is 8.67. The minimum atomic E-state index is 0.599. The molecule has 22 heavy (non-hydrogen) atoms. The number of nitrogens with one attached hydrogen (secondary N) is 1. The van der Waals surface area contributed by atoms with E-state index in [-0.39, 0.29) is 0 Å². The Hall–Kier alpha value is -1.60. The van der Waals surface area contributed by atoms with E-state index in [0.717, 1.165) is 49.3 Å². The van der Waals surface area contributed by atoms with Gasteiger partial charge >= 0.3 is 0 Å². The van der Waals surface area contributed by atoms with Crippen molar-refractivity contribution in [3.63, 3.8) is 0 Å². The van der Waals surface area contributed by atoms with Gasteiger partial charge in [0.25, 0.3) is 0 Å². The van der Waals surface area contributed by atoms with Crippen LogP contribution in [0.5, 0.6) is 0 Å². The van der Waals surface area contributed by atoms with Gasteiger partial charge in [0.2, 0.25) is 5.95 Å². The molecular formula is C15H22N6S. The SMILES string of the molecule is Cn1ccnc1SCCNC1CCN(c2ncccn2)CC1. The molecule has 0 unspecified atom stereocenters. The van der Waals surface area contributed by atoms with Crippen LogP contribution >= 0.6 is 11.8 Å². The van der Waals surface area contributed by atoms with Crippen LogP contribution in [0, 0.1) is 0 Å². The number of anilines is 1. The summed E-state index contributed by atoms with van der Waals surface area (Å²) in [6.07, 6.45) is 9.73. The van der Waals surface area contributed by atoms with Crippen molar-refractivity contribution in [2.24, 2.45) is 7.05 Å². The lowest BCUT2D eigenvalue weighted by Crippen LogP contribution is -2.43. The number of aryl methyl sites for hydroxylation is 1. The van der Waals surface area contributed by atoms with Crippen LogP contribution in [-0.2, 0) is 7.05 Å². The van der Waals surface area contributed by atoms with Crippen LogP contribution in [0.15, 0.2) is 36.0 Å². The van der Waals surface area contributed by atoms with Crippen LogP contribution in [-0.4, -0.2) is 50.9 Å². The fraction of sp³-hybridized carbons (Fsp3) is 0.533. The molecule has 1 aliphatic heterocycles. The highest BCUT2D eigenvalue weighted by atomic mass is 32.2. The minimum absolute atomic E-state index is 0.599. The van der Waals surface area contributed by atoms with Crippen LogP contribution in [0.1, 0.15) is 12.8 Å². The molecule has 2 aromatic rings. The monoisotopic (exact) mass is 318 g/mol. The molecule has 1 N–H and O–H groups in total. The van der Waals surface area contributed by atoms with E-state index in [2.05, 4.69) is 29.7 Å². The molecule has 118 valence electrons. The number of imidazole rings is 1. The van der Waals surface area contributed by atoms with Crippen LogP contribution in [0.3, 0.4) is 0 Å².